The molecule has 0 radical (unpaired) electrons. The molecule has 0 spiro atoms. The van der Waals surface area contributed by atoms with Crippen molar-refractivity contribution in [2.75, 3.05) is 65.3 Å². The lowest BCUT2D eigenvalue weighted by Gasteiger charge is -2.35. The Kier molecular flexibility index (Phi) is 10.2. The van der Waals surface area contributed by atoms with Crippen LogP contribution in [0, 0.1) is 6.92 Å². The summed E-state index contributed by atoms with van der Waals surface area (Å²) in [5.74, 6) is 1.43. The molecule has 0 atom stereocenters. The van der Waals surface area contributed by atoms with Crippen LogP contribution in [0.4, 0.5) is 10.5 Å². The first-order chi connectivity index (χ1) is 19.5. The summed E-state index contributed by atoms with van der Waals surface area (Å²) in [6, 6.07) is 22.8. The molecule has 3 aromatic carbocycles. The zero-order valence-corrected chi connectivity index (χ0v) is 23.5. The van der Waals surface area contributed by atoms with E-state index < -0.39 is 0 Å². The molecule has 8 nitrogen and oxygen atoms in total. The highest BCUT2D eigenvalue weighted by Gasteiger charge is 2.23. The first kappa shape index (κ1) is 28.7. The largest absolute Gasteiger partial charge is 0.496 e. The summed E-state index contributed by atoms with van der Waals surface area (Å²) >= 11 is 0. The van der Waals surface area contributed by atoms with Gasteiger partial charge in [-0.25, -0.2) is 4.79 Å². The van der Waals surface area contributed by atoms with Crippen molar-refractivity contribution in [3.05, 3.63) is 95.6 Å². The van der Waals surface area contributed by atoms with Gasteiger partial charge in [0.25, 0.3) is 5.91 Å². The van der Waals surface area contributed by atoms with Gasteiger partial charge in [-0.1, -0.05) is 60.2 Å². The Balaban J connectivity index is 1.35. The monoisotopic (exact) mass is 542 g/mol. The topological polar surface area (TPSA) is 74.3 Å². The van der Waals surface area contributed by atoms with E-state index in [0.717, 1.165) is 36.5 Å². The molecular weight excluding hydrogens is 504 g/mol. The summed E-state index contributed by atoms with van der Waals surface area (Å²) in [5.41, 5.74) is 3.42. The maximum absolute atomic E-state index is 13.4. The molecule has 0 aromatic heterocycles. The summed E-state index contributed by atoms with van der Waals surface area (Å²) in [6.07, 6.45) is 4.00. The van der Waals surface area contributed by atoms with E-state index in [1.54, 1.807) is 14.2 Å². The molecule has 0 saturated carbocycles. The summed E-state index contributed by atoms with van der Waals surface area (Å²) < 4.78 is 10.8. The number of anilines is 1. The van der Waals surface area contributed by atoms with Gasteiger partial charge in [0.15, 0.2) is 0 Å². The Labute approximate surface area is 236 Å². The number of hydrogen-bond acceptors (Lipinski definition) is 5. The van der Waals surface area contributed by atoms with Crippen molar-refractivity contribution in [1.29, 1.82) is 0 Å². The average Bonchev–Trinajstić information content (AvgIpc) is 2.99. The Morgan fingerprint density at radius 2 is 1.52 bits per heavy atom. The van der Waals surface area contributed by atoms with Crippen LogP contribution in [0.1, 0.15) is 21.5 Å². The molecule has 4 rings (SSSR count). The molecule has 1 heterocycles. The lowest BCUT2D eigenvalue weighted by atomic mass is 10.1. The second kappa shape index (κ2) is 14.2. The lowest BCUT2D eigenvalue weighted by Crippen LogP contribution is -2.51. The first-order valence-corrected chi connectivity index (χ1v) is 13.6. The van der Waals surface area contributed by atoms with Gasteiger partial charge >= 0.3 is 6.03 Å². The molecule has 1 N–H and O–H groups in total. The van der Waals surface area contributed by atoms with Crippen LogP contribution in [0.15, 0.2) is 78.9 Å². The normalized spacial score (nSPS) is 13.7. The van der Waals surface area contributed by atoms with Gasteiger partial charge in [0.2, 0.25) is 0 Å². The number of ether oxygens (including phenoxy) is 2. The quantitative estimate of drug-likeness (QED) is 0.390. The predicted octanol–water partition coefficient (Wildman–Crippen LogP) is 5.02. The fourth-order valence-electron chi connectivity index (χ4n) is 4.64. The van der Waals surface area contributed by atoms with E-state index in [0.29, 0.717) is 43.2 Å². The maximum Gasteiger partial charge on any atom is 0.322 e. The van der Waals surface area contributed by atoms with E-state index in [4.69, 9.17) is 9.47 Å². The van der Waals surface area contributed by atoms with Crippen molar-refractivity contribution in [1.82, 2.24) is 14.7 Å². The predicted molar refractivity (Wildman–Crippen MR) is 159 cm³/mol. The van der Waals surface area contributed by atoms with Gasteiger partial charge in [-0.3, -0.25) is 9.69 Å². The highest BCUT2D eigenvalue weighted by molar-refractivity contribution is 5.94. The van der Waals surface area contributed by atoms with Gasteiger partial charge < -0.3 is 24.6 Å². The molecular formula is C32H38N4O4. The molecule has 210 valence electrons. The van der Waals surface area contributed by atoms with E-state index in [1.165, 1.54) is 0 Å². The van der Waals surface area contributed by atoms with Gasteiger partial charge in [-0.05, 0) is 37.3 Å². The van der Waals surface area contributed by atoms with Gasteiger partial charge in [0.05, 0.1) is 19.9 Å². The van der Waals surface area contributed by atoms with Crippen LogP contribution in [-0.4, -0.2) is 86.7 Å². The van der Waals surface area contributed by atoms with Gasteiger partial charge in [-0.2, -0.15) is 0 Å². The number of para-hydroxylation sites is 3. The van der Waals surface area contributed by atoms with Crippen LogP contribution in [0.3, 0.4) is 0 Å². The minimum atomic E-state index is -0.137. The number of urea groups is 1. The van der Waals surface area contributed by atoms with E-state index in [2.05, 4.69) is 10.2 Å². The van der Waals surface area contributed by atoms with Gasteiger partial charge in [-0.15, -0.1) is 0 Å². The number of piperazine rings is 1. The molecule has 0 bridgehead atoms. The Morgan fingerprint density at radius 1 is 0.875 bits per heavy atom. The molecule has 40 heavy (non-hydrogen) atoms. The smallest absolute Gasteiger partial charge is 0.322 e. The van der Waals surface area contributed by atoms with Crippen LogP contribution in [0.2, 0.25) is 0 Å². The standard InChI is InChI=1S/C32H38N4O4/c1-25-14-16-27(17-15-25)31(37)35(18-8-10-26-9-4-6-12-29(26)39-2)22-19-34-20-23-36(24-21-34)32(38)33-28-11-5-7-13-30(28)40-3/h4-17H,18-24H2,1-3H3,(H,33,38). The molecule has 1 saturated heterocycles. The lowest BCUT2D eigenvalue weighted by molar-refractivity contribution is 0.0739. The second-order valence-electron chi connectivity index (χ2n) is 9.72. The maximum atomic E-state index is 13.4. The third kappa shape index (κ3) is 7.64. The van der Waals surface area contributed by atoms with Crippen LogP contribution in [-0.2, 0) is 0 Å². The van der Waals surface area contributed by atoms with Gasteiger partial charge in [0, 0.05) is 56.9 Å². The number of methoxy groups -OCH3 is 2. The van der Waals surface area contributed by atoms with Crippen molar-refractivity contribution in [3.63, 3.8) is 0 Å². The zero-order valence-electron chi connectivity index (χ0n) is 23.5. The third-order valence-electron chi connectivity index (χ3n) is 7.04. The molecule has 0 unspecified atom stereocenters. The highest BCUT2D eigenvalue weighted by Crippen LogP contribution is 2.23. The fraction of sp³-hybridized carbons (Fsp3) is 0.312. The molecule has 1 fully saturated rings. The number of hydrogen-bond donors (Lipinski definition) is 1. The minimum Gasteiger partial charge on any atom is -0.496 e. The summed E-state index contributed by atoms with van der Waals surface area (Å²) in [6.45, 7) is 6.50. The van der Waals surface area contributed by atoms with Gasteiger partial charge in [0.1, 0.15) is 11.5 Å². The van der Waals surface area contributed by atoms with E-state index in [-0.39, 0.29) is 11.9 Å². The number of amides is 3. The van der Waals surface area contributed by atoms with Crippen LogP contribution >= 0.6 is 0 Å². The van der Waals surface area contributed by atoms with E-state index in [9.17, 15) is 9.59 Å². The Morgan fingerprint density at radius 3 is 2.23 bits per heavy atom. The van der Waals surface area contributed by atoms with E-state index >= 15 is 0 Å². The Hall–Kier alpha value is -4.30. The number of nitrogens with one attached hydrogen (secondary N) is 1. The Bertz CT molecular complexity index is 1300. The van der Waals surface area contributed by atoms with Crippen LogP contribution in [0.5, 0.6) is 11.5 Å². The molecule has 3 aromatic rings. The number of nitrogens with zero attached hydrogens (tertiary/aromatic N) is 3. The highest BCUT2D eigenvalue weighted by atomic mass is 16.5. The molecule has 3 amide bonds. The van der Waals surface area contributed by atoms with Crippen molar-refractivity contribution < 1.29 is 19.1 Å². The summed E-state index contributed by atoms with van der Waals surface area (Å²) in [7, 11) is 3.24. The van der Waals surface area contributed by atoms with Crippen molar-refractivity contribution in [3.8, 4) is 11.5 Å². The molecule has 1 aliphatic rings. The number of rotatable bonds is 10. The summed E-state index contributed by atoms with van der Waals surface area (Å²) in [5, 5.41) is 2.95. The fourth-order valence-corrected chi connectivity index (χ4v) is 4.64. The SMILES string of the molecule is COc1ccccc1C=CCN(CCN1CCN(C(=O)Nc2ccccc2OC)CC1)C(=O)c1ccc(C)cc1. The molecule has 0 aliphatic carbocycles. The molecule has 1 aliphatic heterocycles. The number of carbonyl (C=O) groups is 2. The zero-order chi connectivity index (χ0) is 28.3. The van der Waals surface area contributed by atoms with Crippen molar-refractivity contribution >= 4 is 23.7 Å². The van der Waals surface area contributed by atoms with E-state index in [1.807, 2.05) is 102 Å². The number of aryl methyl sites for hydroxylation is 1. The number of carbonyl (C=O) groups excluding carboxylic acids is 2. The van der Waals surface area contributed by atoms with Crippen molar-refractivity contribution in [2.45, 2.75) is 6.92 Å². The second-order valence-corrected chi connectivity index (χ2v) is 9.72. The van der Waals surface area contributed by atoms with Crippen LogP contribution in [0.25, 0.3) is 6.08 Å². The first-order valence-electron chi connectivity index (χ1n) is 13.6. The minimum absolute atomic E-state index is 0.000464. The van der Waals surface area contributed by atoms with Crippen molar-refractivity contribution in [2.24, 2.45) is 0 Å². The van der Waals surface area contributed by atoms with Crippen LogP contribution < -0.4 is 14.8 Å². The number of benzene rings is 3. The summed E-state index contributed by atoms with van der Waals surface area (Å²) in [4.78, 5) is 32.3. The average molecular weight is 543 g/mol. The third-order valence-corrected chi connectivity index (χ3v) is 7.04. The molecule has 8 heteroatoms.